The molecule has 0 unspecified atom stereocenters. The first kappa shape index (κ1) is 12.0. The zero-order chi connectivity index (χ0) is 13.0. The number of benzene rings is 1. The van der Waals surface area contributed by atoms with Gasteiger partial charge in [-0.1, -0.05) is 6.07 Å². The molecular formula is C12H14N4O2. The number of nitrogen functional groups attached to an aromatic ring is 1. The number of rotatable bonds is 4. The molecule has 0 radical (unpaired) electrons. The van der Waals surface area contributed by atoms with Gasteiger partial charge in [-0.05, 0) is 18.2 Å². The quantitative estimate of drug-likeness (QED) is 0.544. The predicted octanol–water partition coefficient (Wildman–Crippen LogP) is 0.601. The van der Waals surface area contributed by atoms with Crippen LogP contribution in [0.1, 0.15) is 10.4 Å². The summed E-state index contributed by atoms with van der Waals surface area (Å²) >= 11 is 0. The smallest absolute Gasteiger partial charge is 0.255 e. The van der Waals surface area contributed by atoms with Crippen LogP contribution in [0.4, 0.5) is 5.69 Å². The van der Waals surface area contributed by atoms with Gasteiger partial charge in [0.2, 0.25) is 0 Å². The number of nitrogens with two attached hydrogens (primary N) is 1. The van der Waals surface area contributed by atoms with Gasteiger partial charge in [0.05, 0.1) is 17.8 Å². The lowest BCUT2D eigenvalue weighted by Gasteiger charge is -2.08. The highest BCUT2D eigenvalue weighted by Crippen LogP contribution is 2.23. The molecule has 2 aromatic rings. The van der Waals surface area contributed by atoms with E-state index in [4.69, 9.17) is 5.73 Å². The molecule has 0 aliphatic rings. The summed E-state index contributed by atoms with van der Waals surface area (Å²) in [4.78, 5) is 11.8. The summed E-state index contributed by atoms with van der Waals surface area (Å²) in [6.45, 7) is 0.997. The second-order valence-corrected chi connectivity index (χ2v) is 3.77. The van der Waals surface area contributed by atoms with Gasteiger partial charge < -0.3 is 16.2 Å². The fourth-order valence-corrected chi connectivity index (χ4v) is 1.56. The number of amides is 1. The van der Waals surface area contributed by atoms with Crippen LogP contribution in [0.2, 0.25) is 0 Å². The van der Waals surface area contributed by atoms with Crippen LogP contribution >= 0.6 is 0 Å². The van der Waals surface area contributed by atoms with E-state index in [-0.39, 0.29) is 22.9 Å². The number of phenols is 1. The molecule has 0 aliphatic carbocycles. The van der Waals surface area contributed by atoms with Gasteiger partial charge in [0.15, 0.2) is 5.75 Å². The SMILES string of the molecule is Nc1cccc(C(=O)NCCn2cccn2)c1O. The Labute approximate surface area is 104 Å². The predicted molar refractivity (Wildman–Crippen MR) is 67.1 cm³/mol. The Morgan fingerprint density at radius 2 is 2.28 bits per heavy atom. The van der Waals surface area contributed by atoms with Crippen molar-refractivity contribution in [2.75, 3.05) is 12.3 Å². The largest absolute Gasteiger partial charge is 0.505 e. The minimum Gasteiger partial charge on any atom is -0.505 e. The van der Waals surface area contributed by atoms with Crippen molar-refractivity contribution in [1.82, 2.24) is 15.1 Å². The Morgan fingerprint density at radius 3 is 3.00 bits per heavy atom. The summed E-state index contributed by atoms with van der Waals surface area (Å²) in [6, 6.07) is 6.49. The molecule has 1 aromatic carbocycles. The molecule has 0 atom stereocenters. The summed E-state index contributed by atoms with van der Waals surface area (Å²) < 4.78 is 1.71. The standard InChI is InChI=1S/C12H14N4O2/c13-10-4-1-3-9(11(10)17)12(18)14-6-8-16-7-2-5-15-16/h1-5,7,17H,6,8,13H2,(H,14,18). The number of hydrogen-bond acceptors (Lipinski definition) is 4. The number of hydrogen-bond donors (Lipinski definition) is 3. The van der Waals surface area contributed by atoms with Crippen molar-refractivity contribution in [3.63, 3.8) is 0 Å². The third kappa shape index (κ3) is 2.60. The third-order valence-electron chi connectivity index (χ3n) is 2.50. The first-order valence-electron chi connectivity index (χ1n) is 5.51. The van der Waals surface area contributed by atoms with Crippen LogP contribution in [0.25, 0.3) is 0 Å². The van der Waals surface area contributed by atoms with Crippen molar-refractivity contribution in [3.8, 4) is 5.75 Å². The second-order valence-electron chi connectivity index (χ2n) is 3.77. The van der Waals surface area contributed by atoms with Crippen LogP contribution in [-0.4, -0.2) is 27.3 Å². The molecule has 0 saturated carbocycles. The van der Waals surface area contributed by atoms with Gasteiger partial charge >= 0.3 is 0 Å². The van der Waals surface area contributed by atoms with Gasteiger partial charge in [-0.3, -0.25) is 9.48 Å². The first-order valence-corrected chi connectivity index (χ1v) is 5.51. The molecule has 1 heterocycles. The van der Waals surface area contributed by atoms with Gasteiger partial charge in [-0.25, -0.2) is 0 Å². The number of anilines is 1. The number of para-hydroxylation sites is 1. The Kier molecular flexibility index (Phi) is 3.47. The van der Waals surface area contributed by atoms with E-state index in [0.29, 0.717) is 13.1 Å². The summed E-state index contributed by atoms with van der Waals surface area (Å²) in [5, 5.41) is 16.4. The van der Waals surface area contributed by atoms with E-state index in [1.807, 2.05) is 12.3 Å². The maximum absolute atomic E-state index is 11.8. The van der Waals surface area contributed by atoms with Crippen molar-refractivity contribution in [2.24, 2.45) is 0 Å². The molecule has 0 spiro atoms. The molecule has 2 rings (SSSR count). The molecule has 4 N–H and O–H groups in total. The summed E-state index contributed by atoms with van der Waals surface area (Å²) in [5.74, 6) is -0.541. The van der Waals surface area contributed by atoms with Crippen LogP contribution in [0.15, 0.2) is 36.7 Å². The number of aromatic hydroxyl groups is 1. The average Bonchev–Trinajstić information content (AvgIpc) is 2.85. The van der Waals surface area contributed by atoms with Crippen molar-refractivity contribution in [2.45, 2.75) is 6.54 Å². The minimum absolute atomic E-state index is 0.176. The Hall–Kier alpha value is -2.50. The number of phenolic OH excluding ortho intramolecular Hbond substituents is 1. The fraction of sp³-hybridized carbons (Fsp3) is 0.167. The van der Waals surface area contributed by atoms with Crippen molar-refractivity contribution < 1.29 is 9.90 Å². The van der Waals surface area contributed by atoms with E-state index < -0.39 is 0 Å². The van der Waals surface area contributed by atoms with E-state index in [1.165, 1.54) is 12.1 Å². The highest BCUT2D eigenvalue weighted by atomic mass is 16.3. The Balaban J connectivity index is 1.93. The molecule has 1 amide bonds. The number of nitrogens with zero attached hydrogens (tertiary/aromatic N) is 2. The first-order chi connectivity index (χ1) is 8.68. The maximum Gasteiger partial charge on any atom is 0.255 e. The summed E-state index contributed by atoms with van der Waals surface area (Å²) in [7, 11) is 0. The molecular weight excluding hydrogens is 232 g/mol. The van der Waals surface area contributed by atoms with Crippen LogP contribution in [0, 0.1) is 0 Å². The molecule has 1 aromatic heterocycles. The highest BCUT2D eigenvalue weighted by Gasteiger charge is 2.11. The van der Waals surface area contributed by atoms with Crippen LogP contribution in [0.5, 0.6) is 5.75 Å². The fourth-order valence-electron chi connectivity index (χ4n) is 1.56. The summed E-state index contributed by atoms with van der Waals surface area (Å²) in [6.07, 6.45) is 3.48. The van der Waals surface area contributed by atoms with Crippen molar-refractivity contribution in [3.05, 3.63) is 42.2 Å². The molecule has 0 bridgehead atoms. The monoisotopic (exact) mass is 246 g/mol. The van der Waals surface area contributed by atoms with Gasteiger partial charge in [-0.2, -0.15) is 5.10 Å². The zero-order valence-electron chi connectivity index (χ0n) is 9.71. The van der Waals surface area contributed by atoms with E-state index in [9.17, 15) is 9.90 Å². The van der Waals surface area contributed by atoms with E-state index >= 15 is 0 Å². The topological polar surface area (TPSA) is 93.2 Å². The molecule has 0 saturated heterocycles. The Morgan fingerprint density at radius 1 is 1.44 bits per heavy atom. The third-order valence-corrected chi connectivity index (χ3v) is 2.50. The summed E-state index contributed by atoms with van der Waals surface area (Å²) in [5.41, 5.74) is 5.89. The number of nitrogens with one attached hydrogen (secondary N) is 1. The van der Waals surface area contributed by atoms with Gasteiger partial charge in [0.25, 0.3) is 5.91 Å². The van der Waals surface area contributed by atoms with E-state index in [1.54, 1.807) is 16.9 Å². The molecule has 6 nitrogen and oxygen atoms in total. The number of carbonyl (C=O) groups is 1. The lowest BCUT2D eigenvalue weighted by atomic mass is 10.1. The van der Waals surface area contributed by atoms with Gasteiger partial charge in [0, 0.05) is 18.9 Å². The molecule has 6 heteroatoms. The Bertz CT molecular complexity index is 537. The van der Waals surface area contributed by atoms with Crippen LogP contribution < -0.4 is 11.1 Å². The molecule has 18 heavy (non-hydrogen) atoms. The minimum atomic E-state index is -0.355. The molecule has 0 fully saturated rings. The lowest BCUT2D eigenvalue weighted by molar-refractivity contribution is 0.0949. The average molecular weight is 246 g/mol. The van der Waals surface area contributed by atoms with Crippen molar-refractivity contribution in [1.29, 1.82) is 0 Å². The van der Waals surface area contributed by atoms with Crippen LogP contribution in [-0.2, 0) is 6.54 Å². The lowest BCUT2D eigenvalue weighted by Crippen LogP contribution is -2.27. The number of carbonyl (C=O) groups excluding carboxylic acids is 1. The van der Waals surface area contributed by atoms with Gasteiger partial charge in [0.1, 0.15) is 0 Å². The highest BCUT2D eigenvalue weighted by molar-refractivity contribution is 5.98. The van der Waals surface area contributed by atoms with Gasteiger partial charge in [-0.15, -0.1) is 0 Å². The maximum atomic E-state index is 11.8. The van der Waals surface area contributed by atoms with E-state index in [2.05, 4.69) is 10.4 Å². The zero-order valence-corrected chi connectivity index (χ0v) is 9.71. The molecule has 94 valence electrons. The van der Waals surface area contributed by atoms with E-state index in [0.717, 1.165) is 0 Å². The van der Waals surface area contributed by atoms with Crippen molar-refractivity contribution >= 4 is 11.6 Å². The van der Waals surface area contributed by atoms with Crippen LogP contribution in [0.3, 0.4) is 0 Å². The number of aromatic nitrogens is 2. The second kappa shape index (κ2) is 5.22. The molecule has 0 aliphatic heterocycles. The normalized spacial score (nSPS) is 10.2.